The number of carboxylic acid groups (broad SMARTS) is 1. The van der Waals surface area contributed by atoms with E-state index in [0.29, 0.717) is 25.8 Å². The first kappa shape index (κ1) is 35.8. The fourth-order valence-electron chi connectivity index (χ4n) is 3.39. The Hall–Kier alpha value is -4.19. The minimum absolute atomic E-state index is 0.0756. The predicted molar refractivity (Wildman–Crippen MR) is 148 cm³/mol. The number of hydrogen-bond donors (Lipinski definition) is 11. The molecule has 0 aromatic heterocycles. The van der Waals surface area contributed by atoms with Crippen LogP contribution in [0.2, 0.25) is 0 Å². The van der Waals surface area contributed by atoms with E-state index in [1.807, 2.05) is 0 Å². The van der Waals surface area contributed by atoms with E-state index in [0.717, 1.165) is 0 Å². The minimum Gasteiger partial charge on any atom is -0.480 e. The Bertz CT molecular complexity index is 890. The second-order valence-corrected chi connectivity index (χ2v) is 8.74. The number of nitrogens with one attached hydrogen (secondary N) is 4. The highest BCUT2D eigenvalue weighted by molar-refractivity contribution is 5.94. The molecule has 0 unspecified atom stereocenters. The molecule has 18 nitrogen and oxygen atoms in total. The molecule has 0 bridgehead atoms. The summed E-state index contributed by atoms with van der Waals surface area (Å²) in [5.41, 5.74) is 32.2. The molecular formula is C22H44N12O6. The van der Waals surface area contributed by atoms with Gasteiger partial charge in [-0.15, -0.1) is 0 Å². The fourth-order valence-corrected chi connectivity index (χ4v) is 3.39. The molecule has 0 rings (SSSR count). The SMILES string of the molecule is NCCCC[C@H](NC(=O)[C@H](CCCN=C(N)N)NC(=O)[C@H](CCCN=C(N)N)NC(=O)CN)C(=O)NCC(=O)O. The van der Waals surface area contributed by atoms with Gasteiger partial charge in [0.1, 0.15) is 24.7 Å². The molecule has 0 saturated carbocycles. The zero-order valence-electron chi connectivity index (χ0n) is 22.6. The Morgan fingerprint density at radius 1 is 0.650 bits per heavy atom. The van der Waals surface area contributed by atoms with E-state index in [1.54, 1.807) is 0 Å². The summed E-state index contributed by atoms with van der Waals surface area (Å²) in [5.74, 6) is -4.20. The fraction of sp³-hybridized carbons (Fsp3) is 0.682. The third kappa shape index (κ3) is 17.3. The highest BCUT2D eigenvalue weighted by atomic mass is 16.4. The van der Waals surface area contributed by atoms with Crippen LogP contribution in [0.15, 0.2) is 9.98 Å². The molecule has 0 spiro atoms. The maximum atomic E-state index is 13.2. The maximum absolute atomic E-state index is 13.2. The Balaban J connectivity index is 5.74. The van der Waals surface area contributed by atoms with Crippen molar-refractivity contribution in [1.29, 1.82) is 0 Å². The quantitative estimate of drug-likeness (QED) is 0.0349. The highest BCUT2D eigenvalue weighted by Gasteiger charge is 2.29. The van der Waals surface area contributed by atoms with Crippen LogP contribution in [-0.2, 0) is 24.0 Å². The molecule has 17 N–H and O–H groups in total. The van der Waals surface area contributed by atoms with Crippen LogP contribution < -0.4 is 55.7 Å². The summed E-state index contributed by atoms with van der Waals surface area (Å²) in [6, 6.07) is -3.29. The molecule has 0 saturated heterocycles. The van der Waals surface area contributed by atoms with E-state index >= 15 is 0 Å². The Morgan fingerprint density at radius 2 is 1.10 bits per heavy atom. The molecule has 0 aliphatic rings. The average Bonchev–Trinajstić information content (AvgIpc) is 2.89. The van der Waals surface area contributed by atoms with Crippen molar-refractivity contribution in [2.75, 3.05) is 32.7 Å². The van der Waals surface area contributed by atoms with Gasteiger partial charge >= 0.3 is 5.97 Å². The van der Waals surface area contributed by atoms with Gasteiger partial charge in [-0.05, 0) is 51.5 Å². The smallest absolute Gasteiger partial charge is 0.322 e. The first-order chi connectivity index (χ1) is 18.9. The van der Waals surface area contributed by atoms with Crippen LogP contribution in [0.25, 0.3) is 0 Å². The summed E-state index contributed by atoms with van der Waals surface area (Å²) in [5, 5.41) is 18.8. The number of nitrogens with two attached hydrogens (primary N) is 6. The number of guanidine groups is 2. The first-order valence-electron chi connectivity index (χ1n) is 12.8. The van der Waals surface area contributed by atoms with E-state index in [1.165, 1.54) is 0 Å². The Kier molecular flexibility index (Phi) is 18.6. The molecule has 0 heterocycles. The van der Waals surface area contributed by atoms with Gasteiger partial charge < -0.3 is 60.8 Å². The number of unbranched alkanes of at least 4 members (excludes halogenated alkanes) is 1. The minimum atomic E-state index is -1.25. The number of carbonyl (C=O) groups excluding carboxylic acids is 4. The lowest BCUT2D eigenvalue weighted by molar-refractivity contribution is -0.138. The number of carboxylic acids is 1. The molecule has 4 amide bonds. The topological polar surface area (TPSA) is 335 Å². The number of carbonyl (C=O) groups is 5. The van der Waals surface area contributed by atoms with Gasteiger partial charge in [0.25, 0.3) is 0 Å². The standard InChI is InChI=1S/C22H44N12O6/c23-8-2-1-5-13(18(38)31-12-17(36)37)33-20(40)15(7-4-10-30-22(27)28)34-19(39)14(32-16(35)11-24)6-3-9-29-21(25)26/h13-15H,1-12,23-24H2,(H,31,38)(H,32,35)(H,33,40)(H,34,39)(H,36,37)(H4,25,26,29)(H4,27,28,30)/t13-,14-,15-/m0/s1. The van der Waals surface area contributed by atoms with Gasteiger partial charge in [0.05, 0.1) is 6.54 Å². The number of rotatable bonds is 21. The molecule has 0 fully saturated rings. The van der Waals surface area contributed by atoms with Crippen LogP contribution in [0.3, 0.4) is 0 Å². The lowest BCUT2D eigenvalue weighted by Gasteiger charge is -2.25. The largest absolute Gasteiger partial charge is 0.480 e. The summed E-state index contributed by atoms with van der Waals surface area (Å²) in [6.07, 6.45) is 2.05. The molecule has 3 atom stereocenters. The van der Waals surface area contributed by atoms with Gasteiger partial charge in [-0.3, -0.25) is 34.0 Å². The van der Waals surface area contributed by atoms with Gasteiger partial charge in [0.15, 0.2) is 11.9 Å². The molecular weight excluding hydrogens is 528 g/mol. The molecule has 0 aliphatic heterocycles. The molecule has 18 heteroatoms. The summed E-state index contributed by atoms with van der Waals surface area (Å²) in [7, 11) is 0. The second kappa shape index (κ2) is 20.7. The van der Waals surface area contributed by atoms with Crippen LogP contribution in [0.5, 0.6) is 0 Å². The van der Waals surface area contributed by atoms with Gasteiger partial charge in [-0.1, -0.05) is 0 Å². The normalized spacial score (nSPS) is 12.7. The lowest BCUT2D eigenvalue weighted by Crippen LogP contribution is -2.57. The third-order valence-corrected chi connectivity index (χ3v) is 5.35. The summed E-state index contributed by atoms with van der Waals surface area (Å²) in [6.45, 7) is -0.283. The van der Waals surface area contributed by atoms with E-state index < -0.39 is 54.3 Å². The van der Waals surface area contributed by atoms with Crippen molar-refractivity contribution in [3.05, 3.63) is 0 Å². The van der Waals surface area contributed by atoms with Crippen LogP contribution in [0, 0.1) is 0 Å². The molecule has 0 aromatic carbocycles. The van der Waals surface area contributed by atoms with Crippen molar-refractivity contribution in [1.82, 2.24) is 21.3 Å². The summed E-state index contributed by atoms with van der Waals surface area (Å²) < 4.78 is 0. The lowest BCUT2D eigenvalue weighted by atomic mass is 10.0. The van der Waals surface area contributed by atoms with Crippen molar-refractivity contribution < 1.29 is 29.1 Å². The van der Waals surface area contributed by atoms with Gasteiger partial charge in [0, 0.05) is 13.1 Å². The summed E-state index contributed by atoms with van der Waals surface area (Å²) >= 11 is 0. The van der Waals surface area contributed by atoms with E-state index in [9.17, 15) is 24.0 Å². The van der Waals surface area contributed by atoms with Crippen LogP contribution in [0.1, 0.15) is 44.9 Å². The van der Waals surface area contributed by atoms with Gasteiger partial charge in [0.2, 0.25) is 23.6 Å². The predicted octanol–water partition coefficient (Wildman–Crippen LogP) is -5.16. The number of hydrogen-bond acceptors (Lipinski definition) is 9. The highest BCUT2D eigenvalue weighted by Crippen LogP contribution is 2.06. The number of amides is 4. The van der Waals surface area contributed by atoms with Crippen molar-refractivity contribution in [2.24, 2.45) is 44.4 Å². The van der Waals surface area contributed by atoms with Crippen LogP contribution in [-0.4, -0.2) is 97.5 Å². The average molecular weight is 573 g/mol. The molecule has 0 aromatic rings. The van der Waals surface area contributed by atoms with Crippen LogP contribution in [0.4, 0.5) is 0 Å². The molecule has 228 valence electrons. The molecule has 0 aliphatic carbocycles. The van der Waals surface area contributed by atoms with Gasteiger partial charge in [-0.25, -0.2) is 0 Å². The van der Waals surface area contributed by atoms with Crippen molar-refractivity contribution in [3.63, 3.8) is 0 Å². The van der Waals surface area contributed by atoms with Crippen molar-refractivity contribution >= 4 is 41.5 Å². The maximum Gasteiger partial charge on any atom is 0.322 e. The Morgan fingerprint density at radius 3 is 1.52 bits per heavy atom. The Labute approximate surface area is 232 Å². The summed E-state index contributed by atoms with van der Waals surface area (Å²) in [4.78, 5) is 69.4. The number of aliphatic imine (C=N–C) groups is 2. The zero-order valence-corrected chi connectivity index (χ0v) is 22.6. The number of nitrogens with zero attached hydrogens (tertiary/aromatic N) is 2. The zero-order chi connectivity index (χ0) is 30.5. The third-order valence-electron chi connectivity index (χ3n) is 5.35. The van der Waals surface area contributed by atoms with Crippen molar-refractivity contribution in [3.8, 4) is 0 Å². The molecule has 40 heavy (non-hydrogen) atoms. The molecule has 0 radical (unpaired) electrons. The monoisotopic (exact) mass is 572 g/mol. The first-order valence-corrected chi connectivity index (χ1v) is 12.8. The second-order valence-electron chi connectivity index (χ2n) is 8.74. The van der Waals surface area contributed by atoms with Gasteiger partial charge in [-0.2, -0.15) is 0 Å². The van der Waals surface area contributed by atoms with E-state index in [4.69, 9.17) is 39.5 Å². The van der Waals surface area contributed by atoms with Crippen molar-refractivity contribution in [2.45, 2.75) is 63.1 Å². The number of aliphatic carboxylic acids is 1. The van der Waals surface area contributed by atoms with E-state index in [-0.39, 0.29) is 57.2 Å². The van der Waals surface area contributed by atoms with Crippen LogP contribution >= 0.6 is 0 Å². The van der Waals surface area contributed by atoms with E-state index in [2.05, 4.69) is 31.3 Å².